The molecule has 0 aliphatic heterocycles. The van der Waals surface area contributed by atoms with Gasteiger partial charge in [0.15, 0.2) is 17.0 Å². The molecule has 0 bridgehead atoms. The zero-order valence-electron chi connectivity index (χ0n) is 24.2. The number of hydrazine groups is 1. The number of halogens is 1. The first-order valence-electron chi connectivity index (χ1n) is 13.6. The Balaban J connectivity index is 1.40. The summed E-state index contributed by atoms with van der Waals surface area (Å²) in [5, 5.41) is 4.85. The van der Waals surface area contributed by atoms with E-state index in [9.17, 15) is 4.79 Å². The molecule has 42 heavy (non-hydrogen) atoms. The molecule has 4 rings (SSSR count). The Morgan fingerprint density at radius 2 is 2.02 bits per heavy atom. The lowest BCUT2D eigenvalue weighted by Gasteiger charge is -2.24. The molecule has 0 amide bonds. The first-order valence-corrected chi connectivity index (χ1v) is 16.8. The molecule has 13 nitrogen and oxygen atoms in total. The first-order chi connectivity index (χ1) is 20.3. The largest absolute Gasteiger partial charge is 0.461 e. The minimum atomic E-state index is -1.67. The highest BCUT2D eigenvalue weighted by Crippen LogP contribution is 2.37. The summed E-state index contributed by atoms with van der Waals surface area (Å²) in [4.78, 5) is 28.9. The van der Waals surface area contributed by atoms with Gasteiger partial charge in [0.1, 0.15) is 18.4 Å². The number of methoxy groups -OCH3 is 1. The van der Waals surface area contributed by atoms with E-state index >= 15 is 0 Å². The third-order valence-electron chi connectivity index (χ3n) is 6.71. The lowest BCUT2D eigenvalue weighted by atomic mass is 10.1. The van der Waals surface area contributed by atoms with Gasteiger partial charge in [-0.1, -0.05) is 27.9 Å². The molecular formula is C26H38BrN8O5PS. The van der Waals surface area contributed by atoms with Crippen molar-refractivity contribution < 1.29 is 23.3 Å². The molecule has 3 atom stereocenters. The number of aromatic nitrogens is 4. The number of nitrogens with two attached hydrogens (primary N) is 1. The van der Waals surface area contributed by atoms with Crippen LogP contribution in [0.15, 0.2) is 35.1 Å². The van der Waals surface area contributed by atoms with Crippen LogP contribution in [-0.4, -0.2) is 71.3 Å². The average Bonchev–Trinajstić information content (AvgIpc) is 3.64. The Kier molecular flexibility index (Phi) is 12.4. The van der Waals surface area contributed by atoms with Gasteiger partial charge >= 0.3 is 14.5 Å². The Bertz CT molecular complexity index is 1300. The van der Waals surface area contributed by atoms with E-state index in [0.717, 1.165) is 30.2 Å². The molecule has 2 heterocycles. The van der Waals surface area contributed by atoms with Crippen LogP contribution in [0.25, 0.3) is 11.2 Å². The van der Waals surface area contributed by atoms with Gasteiger partial charge in [0, 0.05) is 24.7 Å². The van der Waals surface area contributed by atoms with Gasteiger partial charge in [-0.3, -0.25) is 9.80 Å². The second kappa shape index (κ2) is 16.0. The zero-order chi connectivity index (χ0) is 30.1. The predicted molar refractivity (Wildman–Crippen MR) is 169 cm³/mol. The predicted octanol–water partition coefficient (Wildman–Crippen LogP) is 4.75. The molecule has 3 unspecified atom stereocenters. The van der Waals surface area contributed by atoms with Crippen LogP contribution in [0.1, 0.15) is 45.1 Å². The first kappa shape index (κ1) is 32.6. The maximum atomic E-state index is 12.5. The normalized spacial score (nSPS) is 15.9. The van der Waals surface area contributed by atoms with Crippen LogP contribution in [-0.2, 0) is 18.8 Å². The van der Waals surface area contributed by atoms with Crippen molar-refractivity contribution in [3.8, 4) is 5.75 Å². The van der Waals surface area contributed by atoms with Crippen molar-refractivity contribution in [1.82, 2.24) is 29.4 Å². The molecule has 16 heteroatoms. The average molecular weight is 686 g/mol. The van der Waals surface area contributed by atoms with E-state index in [1.807, 2.05) is 49.1 Å². The molecule has 2 aromatic heterocycles. The quantitative estimate of drug-likeness (QED) is 0.0824. The SMILES string of the molecule is COC(COP(NCC(=O)OC1CCCC1)Oc1ccc(Br)cc1)CC(C)n1cnc2c(N(C)NSC)nc(N)nc21. The van der Waals surface area contributed by atoms with Crippen molar-refractivity contribution in [2.24, 2.45) is 0 Å². The highest BCUT2D eigenvalue weighted by Gasteiger charge is 2.24. The number of carbonyl (C=O) groups is 1. The monoisotopic (exact) mass is 684 g/mol. The van der Waals surface area contributed by atoms with Gasteiger partial charge in [-0.15, -0.1) is 0 Å². The molecule has 0 spiro atoms. The van der Waals surface area contributed by atoms with Crippen molar-refractivity contribution in [1.29, 1.82) is 0 Å². The van der Waals surface area contributed by atoms with Crippen LogP contribution in [0.5, 0.6) is 5.75 Å². The Hall–Kier alpha value is -2.26. The van der Waals surface area contributed by atoms with E-state index in [4.69, 9.17) is 24.3 Å². The summed E-state index contributed by atoms with van der Waals surface area (Å²) < 4.78 is 26.5. The number of benzene rings is 1. The summed E-state index contributed by atoms with van der Waals surface area (Å²) >= 11 is 4.87. The minimum Gasteiger partial charge on any atom is -0.461 e. The maximum Gasteiger partial charge on any atom is 0.320 e. The minimum absolute atomic E-state index is 0.00338. The summed E-state index contributed by atoms with van der Waals surface area (Å²) in [6, 6.07) is 7.36. The number of esters is 1. The zero-order valence-corrected chi connectivity index (χ0v) is 27.5. The van der Waals surface area contributed by atoms with E-state index in [1.165, 1.54) is 11.9 Å². The standard InChI is InChI=1S/C26H38BrN8O5PS/c1-17(35-16-29-23-24(34(2)33-42-4)31-26(28)32-25(23)35)13-21(37-3)15-38-41(40-20-11-9-18(27)10-12-20)30-14-22(36)39-19-7-5-6-8-19/h9-12,16-17,19,21,30,33H,5-8,13-15H2,1-4H3,(H2,28,31,32). The molecular weight excluding hydrogens is 647 g/mol. The van der Waals surface area contributed by atoms with Crippen molar-refractivity contribution in [2.45, 2.75) is 57.3 Å². The number of ether oxygens (including phenoxy) is 2. The van der Waals surface area contributed by atoms with E-state index in [-0.39, 0.29) is 43.3 Å². The van der Waals surface area contributed by atoms with Gasteiger partial charge in [-0.25, -0.2) is 10.1 Å². The lowest BCUT2D eigenvalue weighted by molar-refractivity contribution is -0.147. The van der Waals surface area contributed by atoms with Crippen LogP contribution in [0, 0.1) is 0 Å². The fraction of sp³-hybridized carbons (Fsp3) is 0.538. The van der Waals surface area contributed by atoms with Gasteiger partial charge in [0.2, 0.25) is 5.95 Å². The number of nitrogens with one attached hydrogen (secondary N) is 2. The number of rotatable bonds is 16. The van der Waals surface area contributed by atoms with Gasteiger partial charge < -0.3 is 28.8 Å². The fourth-order valence-corrected chi connectivity index (χ4v) is 6.30. The van der Waals surface area contributed by atoms with Crippen LogP contribution in [0.2, 0.25) is 0 Å². The number of anilines is 2. The van der Waals surface area contributed by atoms with E-state index in [0.29, 0.717) is 29.2 Å². The molecule has 4 N–H and O–H groups in total. The fourth-order valence-electron chi connectivity index (χ4n) is 4.59. The van der Waals surface area contributed by atoms with Crippen molar-refractivity contribution in [3.63, 3.8) is 0 Å². The van der Waals surface area contributed by atoms with Gasteiger partial charge in [-0.2, -0.15) is 14.8 Å². The Morgan fingerprint density at radius 3 is 2.71 bits per heavy atom. The third-order valence-corrected chi connectivity index (χ3v) is 8.87. The molecule has 230 valence electrons. The number of nitrogen functional groups attached to an aromatic ring is 1. The molecule has 1 aromatic carbocycles. The van der Waals surface area contributed by atoms with Gasteiger partial charge in [0.25, 0.3) is 0 Å². The highest BCUT2D eigenvalue weighted by atomic mass is 79.9. The molecule has 1 fully saturated rings. The Morgan fingerprint density at radius 1 is 1.29 bits per heavy atom. The summed E-state index contributed by atoms with van der Waals surface area (Å²) in [6.07, 6.45) is 7.95. The molecule has 1 aliphatic rings. The summed E-state index contributed by atoms with van der Waals surface area (Å²) in [6.45, 7) is 2.26. The van der Waals surface area contributed by atoms with Crippen LogP contribution in [0.3, 0.4) is 0 Å². The van der Waals surface area contributed by atoms with Crippen molar-refractivity contribution in [3.05, 3.63) is 35.1 Å². The number of nitrogens with zero attached hydrogens (tertiary/aromatic N) is 5. The van der Waals surface area contributed by atoms with Crippen LogP contribution in [0.4, 0.5) is 11.8 Å². The molecule has 0 saturated heterocycles. The van der Waals surface area contributed by atoms with Gasteiger partial charge in [0.05, 0.1) is 19.0 Å². The van der Waals surface area contributed by atoms with Crippen LogP contribution < -0.4 is 25.2 Å². The third kappa shape index (κ3) is 9.12. The lowest BCUT2D eigenvalue weighted by Crippen LogP contribution is -2.29. The van der Waals surface area contributed by atoms with Crippen molar-refractivity contribution in [2.75, 3.05) is 44.3 Å². The van der Waals surface area contributed by atoms with E-state index in [2.05, 4.69) is 40.8 Å². The number of carbonyl (C=O) groups excluding carboxylic acids is 1. The molecule has 3 aromatic rings. The van der Waals surface area contributed by atoms with E-state index in [1.54, 1.807) is 18.4 Å². The highest BCUT2D eigenvalue weighted by molar-refractivity contribution is 9.10. The summed E-state index contributed by atoms with van der Waals surface area (Å²) in [5.74, 6) is 1.03. The smallest absolute Gasteiger partial charge is 0.320 e. The second-order valence-electron chi connectivity index (χ2n) is 9.86. The number of fused-ring (bicyclic) bond motifs is 1. The topological polar surface area (TPSA) is 151 Å². The molecule has 1 saturated carbocycles. The van der Waals surface area contributed by atoms with Crippen LogP contribution >= 0.6 is 36.4 Å². The maximum absolute atomic E-state index is 12.5. The van der Waals surface area contributed by atoms with E-state index < -0.39 is 8.53 Å². The number of hydrogen-bond acceptors (Lipinski definition) is 13. The Labute approximate surface area is 259 Å². The van der Waals surface area contributed by atoms with Gasteiger partial charge in [-0.05, 0) is 69.5 Å². The van der Waals surface area contributed by atoms with Crippen molar-refractivity contribution >= 4 is 65.3 Å². The molecule has 1 aliphatic carbocycles. The second-order valence-corrected chi connectivity index (χ2v) is 12.6. The summed E-state index contributed by atoms with van der Waals surface area (Å²) in [5.41, 5.74) is 7.29. The number of imidazole rings is 1. The summed E-state index contributed by atoms with van der Waals surface area (Å²) in [7, 11) is 1.81. The number of hydrogen-bond donors (Lipinski definition) is 3. The molecule has 0 radical (unpaired) electrons.